The quantitative estimate of drug-likeness (QED) is 0.0127. The van der Waals surface area contributed by atoms with E-state index in [4.69, 9.17) is 101 Å². The van der Waals surface area contributed by atoms with Gasteiger partial charge in [-0.25, -0.2) is 44.1 Å². The molecule has 0 unspecified atom stereocenters. The van der Waals surface area contributed by atoms with Crippen molar-refractivity contribution in [1.82, 2.24) is 35.9 Å². The highest BCUT2D eigenvalue weighted by atomic mass is 35.5. The average molecular weight is 1720 g/mol. The molecule has 22 N–H and O–H groups in total. The third-order valence-electron chi connectivity index (χ3n) is 17.0. The molecule has 0 spiro atoms. The van der Waals surface area contributed by atoms with E-state index in [2.05, 4.69) is 81.9 Å². The zero-order valence-electron chi connectivity index (χ0n) is 66.4. The number of amides is 6. The molecule has 0 atom stereocenters. The molecule has 125 heavy (non-hydrogen) atoms. The van der Waals surface area contributed by atoms with Gasteiger partial charge in [-0.1, -0.05) is 66.7 Å². The molecule has 9 aromatic carbocycles. The molecule has 0 fully saturated rings. The number of nitro groups is 1. The van der Waals surface area contributed by atoms with Gasteiger partial charge < -0.3 is 111 Å². The number of nitrogens with two attached hydrogens (primary N) is 5. The molecular formula is C85H79ClN22O17. The highest BCUT2D eigenvalue weighted by Crippen LogP contribution is 2.35. The number of hydrogen-bond donors (Lipinski definition) is 17. The lowest BCUT2D eigenvalue weighted by atomic mass is 10.1. The van der Waals surface area contributed by atoms with Gasteiger partial charge in [-0.05, 0) is 120 Å². The predicted octanol–water partition coefficient (Wildman–Crippen LogP) is 11.1. The van der Waals surface area contributed by atoms with Crippen molar-refractivity contribution in [3.8, 4) is 62.8 Å². The summed E-state index contributed by atoms with van der Waals surface area (Å²) < 4.78 is 21.3. The van der Waals surface area contributed by atoms with Crippen LogP contribution in [0.3, 0.4) is 0 Å². The van der Waals surface area contributed by atoms with E-state index in [-0.39, 0.29) is 94.0 Å². The van der Waals surface area contributed by atoms with Crippen LogP contribution < -0.4 is 90.2 Å². The number of rotatable bonds is 13. The first-order chi connectivity index (χ1) is 60.1. The summed E-state index contributed by atoms with van der Waals surface area (Å²) >= 11 is 5.27. The largest absolute Gasteiger partial charge is 0.506 e. The van der Waals surface area contributed by atoms with Crippen molar-refractivity contribution in [2.75, 3.05) is 103 Å². The Morgan fingerprint density at radius 1 is 0.528 bits per heavy atom. The summed E-state index contributed by atoms with van der Waals surface area (Å²) in [6.45, 7) is 31.3. The second kappa shape index (κ2) is 46.1. The lowest BCUT2D eigenvalue weighted by molar-refractivity contribution is -0.385. The first-order valence-corrected chi connectivity index (χ1v) is 37.3. The van der Waals surface area contributed by atoms with Crippen LogP contribution in [0.2, 0.25) is 0 Å². The minimum atomic E-state index is -1.04. The number of aromatic carboxylic acids is 1. The Morgan fingerprint density at radius 3 is 1.45 bits per heavy atom. The van der Waals surface area contributed by atoms with Crippen LogP contribution in [0.15, 0.2) is 188 Å². The fourth-order valence-electron chi connectivity index (χ4n) is 10.8. The number of hydrogen-bond acceptors (Lipinski definition) is 27. The van der Waals surface area contributed by atoms with Crippen molar-refractivity contribution in [2.45, 2.75) is 19.6 Å². The van der Waals surface area contributed by atoms with Gasteiger partial charge in [0.05, 0.1) is 94.7 Å². The number of halogens is 1. The summed E-state index contributed by atoms with van der Waals surface area (Å²) in [6.07, 6.45) is 2.86. The van der Waals surface area contributed by atoms with Crippen LogP contribution in [0.5, 0.6) is 40.2 Å². The fourth-order valence-corrected chi connectivity index (χ4v) is 10.9. The summed E-state index contributed by atoms with van der Waals surface area (Å²) in [4.78, 5) is 118. The molecule has 0 saturated carbocycles. The molecule has 6 heterocycles. The number of carboxylic acids is 1. The molecule has 4 aliphatic heterocycles. The first kappa shape index (κ1) is 93.1. The van der Waals surface area contributed by atoms with Crippen LogP contribution in [0.1, 0.15) is 58.4 Å². The van der Waals surface area contributed by atoms with Gasteiger partial charge in [0.2, 0.25) is 5.91 Å². The molecule has 0 saturated heterocycles. The van der Waals surface area contributed by atoms with Gasteiger partial charge in [0, 0.05) is 69.6 Å². The minimum absolute atomic E-state index is 0.00530. The van der Waals surface area contributed by atoms with Gasteiger partial charge in [-0.2, -0.15) is 0 Å². The van der Waals surface area contributed by atoms with E-state index < -0.39 is 40.1 Å². The molecule has 40 heteroatoms. The zero-order chi connectivity index (χ0) is 90.7. The molecule has 4 aliphatic rings. The maximum atomic E-state index is 12.7. The molecule has 0 radical (unpaired) electrons. The van der Waals surface area contributed by atoms with Crippen molar-refractivity contribution in [3.63, 3.8) is 0 Å². The van der Waals surface area contributed by atoms with Gasteiger partial charge in [0.25, 0.3) is 29.5 Å². The molecular weight excluding hydrogens is 1640 g/mol. The number of ether oxygens (including phenoxy) is 4. The summed E-state index contributed by atoms with van der Waals surface area (Å²) in [5, 5.41) is 68.4. The van der Waals surface area contributed by atoms with Crippen molar-refractivity contribution in [1.29, 1.82) is 0 Å². The van der Waals surface area contributed by atoms with Crippen LogP contribution in [0.25, 0.3) is 41.9 Å². The van der Waals surface area contributed by atoms with Gasteiger partial charge in [0.1, 0.15) is 53.6 Å². The third-order valence-corrected chi connectivity index (χ3v) is 17.2. The number of carbonyl (C=O) groups is 7. The summed E-state index contributed by atoms with van der Waals surface area (Å²) in [5.41, 5.74) is 38.0. The van der Waals surface area contributed by atoms with Gasteiger partial charge >= 0.3 is 11.7 Å². The number of alkyl halides is 1. The standard InChI is InChI=1S/C22H22N6O3.C13H12N4O3.C9H7ClN2O2.C9H6N2O2.C9H10N2O2.C9H12N2O.C7H4N2O3.C7H6N2O/c1-24-22(30)19-20(23)26-12-17(28-19)14-3-2-4-15(10-14)21(29)27-11-13-5-6-18-16(9-13)25-7-8-31-18;1-15-12(18)10-11(14)16-6-9(17-10)7-3-2-4-8(5-7)13(19)20;1-11-6-2-3-8(13)7(4-6)12-9(14)5-10;1-10-6-2-3-8-7(4-6)11-9(12)5-13-8;10-4-6-1-2-8-7(3-6)11-9(12)5-13-8;10-6-7-1-2-9-8(5-7)11-3-4-12-9;1-8-5-2-3-7(10)6(4-5)9(11)12;1-9-5-2-3-7(10)6(8)4-5/h2-6,9-10,12,25H,7-8,11H2,1H3,(H2,23,26)(H,24,30)(H,27,29);2-6H,1H3,(H2,14,16)(H,15,18)(H,19,20);2-4,13H,5H2,(H,12,14);2-4H,5H2,(H,11,12);1-3H,4-5,10H2,(H,11,12);1-2,5,11H,3-4,6,10H2;2-4,10H;2-4,10H,8H2. The molecule has 39 nitrogen and oxygen atoms in total. The molecule has 2 aromatic heterocycles. The van der Waals surface area contributed by atoms with Crippen LogP contribution >= 0.6 is 11.6 Å². The number of aromatic hydroxyl groups is 3. The summed E-state index contributed by atoms with van der Waals surface area (Å²) in [7, 11) is 2.95. The number of nitro benzene ring substituents is 1. The second-order valence-corrected chi connectivity index (χ2v) is 25.9. The number of nitrogen functional groups attached to an aromatic ring is 3. The number of carbonyl (C=O) groups excluding carboxylic acids is 6. The SMILES string of the molecule is CNC(=O)c1nc(-c2cccc(C(=O)NCc3ccc4c(c3)NCCO4)c2)cnc1N.CNC(=O)c1nc(-c2cccc(C(=O)O)c2)cnc1N.NCc1ccc2c(c1)NC(=O)CO2.NCc1ccc2c(c1)NCCO2.[C-]#[N+]c1ccc(O)c(N)c1.[C-]#[N+]c1ccc(O)c(NC(=O)CCl)c1.[C-]#[N+]c1ccc(O)c([N+](=O)[O-])c1.[C-]#[N+]c1ccc2c(c1)NC(=O)CO2. The Bertz CT molecular complexity index is 6010. The molecule has 0 aliphatic carbocycles. The minimum Gasteiger partial charge on any atom is -0.506 e. The highest BCUT2D eigenvalue weighted by molar-refractivity contribution is 6.29. The number of anilines is 8. The normalized spacial score (nSPS) is 11.5. The van der Waals surface area contributed by atoms with E-state index in [9.17, 15) is 48.8 Å². The number of aromatic nitrogens is 4. The van der Waals surface area contributed by atoms with E-state index >= 15 is 0 Å². The van der Waals surface area contributed by atoms with Crippen LogP contribution in [0, 0.1) is 36.4 Å². The van der Waals surface area contributed by atoms with Gasteiger partial charge in [0.15, 0.2) is 64.7 Å². The topological polar surface area (TPSA) is 576 Å². The van der Waals surface area contributed by atoms with Crippen molar-refractivity contribution in [3.05, 3.63) is 283 Å². The Kier molecular flexibility index (Phi) is 34.3. The summed E-state index contributed by atoms with van der Waals surface area (Å²) in [6, 6.07) is 47.4. The average Bonchev–Trinajstić information content (AvgIpc) is 0.825. The smallest absolute Gasteiger partial charge is 0.335 e. The lowest BCUT2D eigenvalue weighted by Crippen LogP contribution is -2.25. The third kappa shape index (κ3) is 27.3. The van der Waals surface area contributed by atoms with Crippen molar-refractivity contribution < 1.29 is 77.9 Å². The molecule has 6 amide bonds. The number of nitrogens with one attached hydrogen (secondary N) is 8. The molecule has 15 rings (SSSR count). The predicted molar refractivity (Wildman–Crippen MR) is 466 cm³/mol. The number of benzene rings is 9. The highest BCUT2D eigenvalue weighted by Gasteiger charge is 2.21. The zero-order valence-corrected chi connectivity index (χ0v) is 67.1. The summed E-state index contributed by atoms with van der Waals surface area (Å²) in [5.74, 6) is -0.434. The van der Waals surface area contributed by atoms with Crippen LogP contribution in [-0.4, -0.2) is 146 Å². The van der Waals surface area contributed by atoms with Crippen LogP contribution in [-0.2, 0) is 34.0 Å². The molecule has 11 aromatic rings. The molecule has 0 bridgehead atoms. The number of phenolic OH excluding ortho intramolecular Hbond substituents is 3. The number of carboxylic acid groups (broad SMARTS) is 1. The van der Waals surface area contributed by atoms with Crippen molar-refractivity contribution in [2.24, 2.45) is 11.5 Å². The van der Waals surface area contributed by atoms with E-state index in [1.165, 1.54) is 81.1 Å². The van der Waals surface area contributed by atoms with Gasteiger partial charge in [-0.15, -0.1) is 11.6 Å². The van der Waals surface area contributed by atoms with Gasteiger partial charge in [-0.3, -0.25) is 38.9 Å². The Hall–Kier alpha value is -17.4. The number of fused-ring (bicyclic) bond motifs is 4. The lowest BCUT2D eigenvalue weighted by Gasteiger charge is -2.19. The monoisotopic (exact) mass is 1710 g/mol. The van der Waals surface area contributed by atoms with E-state index in [0.717, 1.165) is 71.4 Å². The Labute approximate surface area is 718 Å². The van der Waals surface area contributed by atoms with Crippen LogP contribution in [0.4, 0.5) is 74.2 Å². The van der Waals surface area contributed by atoms with E-state index in [1.54, 1.807) is 54.6 Å². The number of phenols is 3. The maximum absolute atomic E-state index is 12.7. The molecule has 638 valence electrons. The fraction of sp³-hybridized carbons (Fsp3) is 0.141. The maximum Gasteiger partial charge on any atom is 0.335 e. The first-order valence-electron chi connectivity index (χ1n) is 36.8. The van der Waals surface area contributed by atoms with E-state index in [1.807, 2.05) is 54.6 Å². The van der Waals surface area contributed by atoms with E-state index in [0.29, 0.717) is 94.3 Å². The Balaban J connectivity index is 0.000000183. The second-order valence-electron chi connectivity index (χ2n) is 25.6. The Morgan fingerprint density at radius 2 is 0.960 bits per heavy atom. The number of nitrogens with zero attached hydrogens (tertiary/aromatic N) is 9. The van der Waals surface area contributed by atoms with Crippen molar-refractivity contribution >= 4 is 127 Å².